The molecule has 3 aromatic rings. The second-order valence-corrected chi connectivity index (χ2v) is 5.03. The summed E-state index contributed by atoms with van der Waals surface area (Å²) >= 11 is 5.92. The summed E-state index contributed by atoms with van der Waals surface area (Å²) in [6.07, 6.45) is 1.54. The van der Waals surface area contributed by atoms with E-state index in [9.17, 15) is 4.79 Å². The van der Waals surface area contributed by atoms with Gasteiger partial charge in [0.05, 0.1) is 22.6 Å². The average Bonchev–Trinajstić information content (AvgIpc) is 2.91. The fourth-order valence-corrected chi connectivity index (χ4v) is 2.28. The van der Waals surface area contributed by atoms with Gasteiger partial charge in [-0.1, -0.05) is 23.7 Å². The molecular weight excluding hydrogens is 288 g/mol. The quantitative estimate of drug-likeness (QED) is 0.730. The zero-order valence-corrected chi connectivity index (χ0v) is 12.1. The first kappa shape index (κ1) is 13.6. The van der Waals surface area contributed by atoms with Crippen LogP contribution in [0.25, 0.3) is 11.0 Å². The van der Waals surface area contributed by atoms with Gasteiger partial charge >= 0.3 is 0 Å². The minimum absolute atomic E-state index is 0.187. The lowest BCUT2D eigenvalue weighted by atomic mass is 10.2. The number of rotatable bonds is 3. The molecule has 0 fully saturated rings. The zero-order chi connectivity index (χ0) is 14.8. The second-order valence-electron chi connectivity index (χ2n) is 4.68. The summed E-state index contributed by atoms with van der Waals surface area (Å²) in [5.74, 6) is 0.422. The summed E-state index contributed by atoms with van der Waals surface area (Å²) in [4.78, 5) is 23.7. The fourth-order valence-electron chi connectivity index (χ4n) is 2.08. The van der Waals surface area contributed by atoms with Gasteiger partial charge in [0.25, 0.3) is 5.91 Å². The van der Waals surface area contributed by atoms with Crippen LogP contribution in [0.5, 0.6) is 0 Å². The van der Waals surface area contributed by atoms with Crippen LogP contribution in [0, 0.1) is 0 Å². The first-order valence-electron chi connectivity index (χ1n) is 6.51. The Morgan fingerprint density at radius 3 is 2.86 bits per heavy atom. The number of fused-ring (bicyclic) bond motifs is 1. The van der Waals surface area contributed by atoms with E-state index in [1.54, 1.807) is 18.3 Å². The van der Waals surface area contributed by atoms with Crippen molar-refractivity contribution in [1.82, 2.24) is 20.3 Å². The Hall–Kier alpha value is -2.40. The number of benzene rings is 1. The molecule has 3 rings (SSSR count). The number of aromatic nitrogens is 3. The molecule has 106 valence electrons. The van der Waals surface area contributed by atoms with Crippen molar-refractivity contribution in [3.8, 4) is 0 Å². The Morgan fingerprint density at radius 2 is 2.10 bits per heavy atom. The third-order valence-electron chi connectivity index (χ3n) is 3.17. The topological polar surface area (TPSA) is 70.7 Å². The van der Waals surface area contributed by atoms with Crippen LogP contribution < -0.4 is 5.32 Å². The summed E-state index contributed by atoms with van der Waals surface area (Å²) in [5.41, 5.74) is 2.16. The third kappa shape index (κ3) is 2.73. The van der Waals surface area contributed by atoms with E-state index in [1.807, 2.05) is 31.2 Å². The second kappa shape index (κ2) is 5.54. The number of carbonyl (C=O) groups excluding carboxylic acids is 1. The molecule has 2 aromatic heterocycles. The summed E-state index contributed by atoms with van der Waals surface area (Å²) in [6, 6.07) is 10.8. The molecule has 0 aliphatic carbocycles. The van der Waals surface area contributed by atoms with Crippen molar-refractivity contribution in [1.29, 1.82) is 0 Å². The number of carbonyl (C=O) groups is 1. The number of pyridine rings is 1. The number of aromatic amines is 1. The number of hydrogen-bond donors (Lipinski definition) is 2. The van der Waals surface area contributed by atoms with Gasteiger partial charge in [0, 0.05) is 6.20 Å². The van der Waals surface area contributed by atoms with Gasteiger partial charge in [-0.05, 0) is 31.2 Å². The summed E-state index contributed by atoms with van der Waals surface area (Å²) in [5, 5.41) is 3.04. The number of H-pyrrole nitrogens is 1. The number of amides is 1. The van der Waals surface area contributed by atoms with Gasteiger partial charge in [-0.3, -0.25) is 4.79 Å². The monoisotopic (exact) mass is 300 g/mol. The van der Waals surface area contributed by atoms with Crippen LogP contribution >= 0.6 is 11.6 Å². The number of para-hydroxylation sites is 2. The Morgan fingerprint density at radius 1 is 1.29 bits per heavy atom. The lowest BCUT2D eigenvalue weighted by Gasteiger charge is -2.11. The van der Waals surface area contributed by atoms with E-state index in [0.717, 1.165) is 11.0 Å². The van der Waals surface area contributed by atoms with Crippen LogP contribution in [-0.4, -0.2) is 20.9 Å². The molecule has 6 heteroatoms. The maximum Gasteiger partial charge on any atom is 0.254 e. The molecule has 5 nitrogen and oxygen atoms in total. The van der Waals surface area contributed by atoms with E-state index >= 15 is 0 Å². The van der Waals surface area contributed by atoms with E-state index < -0.39 is 0 Å². The van der Waals surface area contributed by atoms with Gasteiger partial charge < -0.3 is 10.3 Å². The highest BCUT2D eigenvalue weighted by molar-refractivity contribution is 6.32. The highest BCUT2D eigenvalue weighted by atomic mass is 35.5. The fraction of sp³-hybridized carbons (Fsp3) is 0.133. The molecule has 2 heterocycles. The molecule has 1 atom stereocenters. The van der Waals surface area contributed by atoms with Crippen molar-refractivity contribution in [2.45, 2.75) is 13.0 Å². The van der Waals surface area contributed by atoms with Crippen molar-refractivity contribution in [2.75, 3.05) is 0 Å². The molecular formula is C15H13ClN4O. The molecule has 1 aromatic carbocycles. The number of nitrogens with zero attached hydrogens (tertiary/aromatic N) is 2. The van der Waals surface area contributed by atoms with Crippen molar-refractivity contribution >= 4 is 28.5 Å². The van der Waals surface area contributed by atoms with Gasteiger partial charge in [0.2, 0.25) is 0 Å². The van der Waals surface area contributed by atoms with Crippen LogP contribution in [0.1, 0.15) is 29.1 Å². The minimum atomic E-state index is -0.277. The maximum atomic E-state index is 12.2. The molecule has 21 heavy (non-hydrogen) atoms. The molecule has 0 saturated carbocycles. The highest BCUT2D eigenvalue weighted by Crippen LogP contribution is 2.17. The van der Waals surface area contributed by atoms with Gasteiger partial charge in [0.1, 0.15) is 11.0 Å². The lowest BCUT2D eigenvalue weighted by Crippen LogP contribution is -2.27. The molecule has 0 spiro atoms. The average molecular weight is 301 g/mol. The summed E-state index contributed by atoms with van der Waals surface area (Å²) < 4.78 is 0. The first-order valence-corrected chi connectivity index (χ1v) is 6.89. The van der Waals surface area contributed by atoms with E-state index in [-0.39, 0.29) is 17.1 Å². The Bertz CT molecular complexity index is 766. The largest absolute Gasteiger partial charge is 0.342 e. The summed E-state index contributed by atoms with van der Waals surface area (Å²) in [6.45, 7) is 1.86. The van der Waals surface area contributed by atoms with Crippen molar-refractivity contribution < 1.29 is 4.79 Å². The third-order valence-corrected chi connectivity index (χ3v) is 3.47. The van der Waals surface area contributed by atoms with Crippen LogP contribution in [0.3, 0.4) is 0 Å². The number of imidazole rings is 1. The minimum Gasteiger partial charge on any atom is -0.342 e. The van der Waals surface area contributed by atoms with Crippen molar-refractivity contribution in [3.63, 3.8) is 0 Å². The predicted molar refractivity (Wildman–Crippen MR) is 81.2 cm³/mol. The highest BCUT2D eigenvalue weighted by Gasteiger charge is 2.16. The van der Waals surface area contributed by atoms with Gasteiger partial charge in [-0.25, -0.2) is 9.97 Å². The molecule has 0 aliphatic heterocycles. The Kier molecular flexibility index (Phi) is 3.58. The number of hydrogen-bond acceptors (Lipinski definition) is 3. The molecule has 0 radical (unpaired) electrons. The van der Waals surface area contributed by atoms with Gasteiger partial charge in [0.15, 0.2) is 0 Å². The van der Waals surface area contributed by atoms with Crippen LogP contribution in [0.4, 0.5) is 0 Å². The predicted octanol–water partition coefficient (Wildman–Crippen LogP) is 3.10. The van der Waals surface area contributed by atoms with Gasteiger partial charge in [-0.15, -0.1) is 0 Å². The molecule has 1 unspecified atom stereocenters. The smallest absolute Gasteiger partial charge is 0.254 e. The van der Waals surface area contributed by atoms with E-state index in [1.165, 1.54) is 0 Å². The van der Waals surface area contributed by atoms with Gasteiger partial charge in [-0.2, -0.15) is 0 Å². The Labute approximate surface area is 126 Å². The van der Waals surface area contributed by atoms with E-state index in [2.05, 4.69) is 20.3 Å². The van der Waals surface area contributed by atoms with Crippen molar-refractivity contribution in [2.24, 2.45) is 0 Å². The van der Waals surface area contributed by atoms with E-state index in [0.29, 0.717) is 11.4 Å². The van der Waals surface area contributed by atoms with Crippen LogP contribution in [-0.2, 0) is 0 Å². The normalized spacial score (nSPS) is 12.3. The van der Waals surface area contributed by atoms with E-state index in [4.69, 9.17) is 11.6 Å². The lowest BCUT2D eigenvalue weighted by molar-refractivity contribution is 0.0938. The first-order chi connectivity index (χ1) is 10.1. The molecule has 1 amide bonds. The standard InChI is InChI=1S/C15H13ClN4O/c1-9(14-19-11-6-2-3-7-12(11)20-14)18-15(21)10-5-4-8-17-13(10)16/h2-9H,1H3,(H,18,21)(H,19,20). The molecule has 0 saturated heterocycles. The summed E-state index contributed by atoms with van der Waals surface area (Å²) in [7, 11) is 0. The van der Waals surface area contributed by atoms with Crippen LogP contribution in [0.2, 0.25) is 5.15 Å². The van der Waals surface area contributed by atoms with Crippen molar-refractivity contribution in [3.05, 3.63) is 59.1 Å². The maximum absolute atomic E-state index is 12.2. The number of halogens is 1. The number of nitrogens with one attached hydrogen (secondary N) is 2. The Balaban J connectivity index is 1.81. The van der Waals surface area contributed by atoms with Crippen LogP contribution in [0.15, 0.2) is 42.6 Å². The molecule has 0 aliphatic rings. The molecule has 0 bridgehead atoms. The zero-order valence-electron chi connectivity index (χ0n) is 11.3. The molecule has 2 N–H and O–H groups in total. The SMILES string of the molecule is CC(NC(=O)c1cccnc1Cl)c1nc2ccccc2[nH]1.